The lowest BCUT2D eigenvalue weighted by molar-refractivity contribution is 0.0712. The van der Waals surface area contributed by atoms with Crippen molar-refractivity contribution in [2.24, 2.45) is 15.4 Å². The van der Waals surface area contributed by atoms with Gasteiger partial charge in [0.25, 0.3) is 11.8 Å². The van der Waals surface area contributed by atoms with Gasteiger partial charge in [0, 0.05) is 37.7 Å². The number of unbranched alkanes of at least 4 members (excludes halogenated alkanes) is 2. The highest BCUT2D eigenvalue weighted by Gasteiger charge is 2.53. The Kier molecular flexibility index (Phi) is 7.75. The first-order chi connectivity index (χ1) is 21.9. The molecule has 10 heteroatoms. The van der Waals surface area contributed by atoms with Gasteiger partial charge in [-0.25, -0.2) is 0 Å². The highest BCUT2D eigenvalue weighted by molar-refractivity contribution is 6.04. The Hall–Kier alpha value is -4.34. The van der Waals surface area contributed by atoms with Crippen molar-refractivity contribution in [3.8, 4) is 23.0 Å². The lowest BCUT2D eigenvalue weighted by atomic mass is 9.98. The Bertz CT molecular complexity index is 1590. The molecule has 2 amide bonds. The van der Waals surface area contributed by atoms with Crippen LogP contribution in [0, 0.1) is 5.41 Å². The van der Waals surface area contributed by atoms with E-state index < -0.39 is 0 Å². The predicted octanol–water partition coefficient (Wildman–Crippen LogP) is 5.92. The van der Waals surface area contributed by atoms with Gasteiger partial charge in [-0.15, -0.1) is 0 Å². The summed E-state index contributed by atoms with van der Waals surface area (Å²) in [6.07, 6.45) is 11.2. The minimum Gasteiger partial charge on any atom is -0.493 e. The zero-order valence-electron chi connectivity index (χ0n) is 26.0. The number of hydrogen-bond donors (Lipinski definition) is 0. The number of methoxy groups -OCH3 is 2. The van der Waals surface area contributed by atoms with Crippen LogP contribution in [0.25, 0.3) is 0 Å². The van der Waals surface area contributed by atoms with Gasteiger partial charge in [0.1, 0.15) is 0 Å². The molecule has 0 unspecified atom stereocenters. The summed E-state index contributed by atoms with van der Waals surface area (Å²) in [4.78, 5) is 39.9. The fourth-order valence-corrected chi connectivity index (χ4v) is 6.92. The second-order valence-electron chi connectivity index (χ2n) is 12.8. The highest BCUT2D eigenvalue weighted by Crippen LogP contribution is 2.55. The Morgan fingerprint density at radius 1 is 0.800 bits per heavy atom. The molecule has 0 radical (unpaired) electrons. The van der Waals surface area contributed by atoms with Crippen LogP contribution in [0.3, 0.4) is 0 Å². The molecule has 2 saturated heterocycles. The monoisotopic (exact) mass is 612 g/mol. The largest absolute Gasteiger partial charge is 0.493 e. The van der Waals surface area contributed by atoms with Crippen molar-refractivity contribution in [2.45, 2.75) is 63.5 Å². The zero-order chi connectivity index (χ0) is 31.1. The topological polar surface area (TPSA) is 102 Å². The van der Waals surface area contributed by atoms with Crippen LogP contribution in [0.2, 0.25) is 0 Å². The van der Waals surface area contributed by atoms with Gasteiger partial charge in [0.2, 0.25) is 0 Å². The van der Waals surface area contributed by atoms with Gasteiger partial charge in [-0.05, 0) is 68.9 Å². The number of fused-ring (bicyclic) bond motifs is 4. The number of ether oxygens (including phenoxy) is 4. The van der Waals surface area contributed by atoms with E-state index in [1.807, 2.05) is 28.3 Å². The molecule has 0 bridgehead atoms. The molecule has 236 valence electrons. The van der Waals surface area contributed by atoms with E-state index in [-0.39, 0.29) is 23.9 Å². The van der Waals surface area contributed by atoms with Crippen LogP contribution in [0.1, 0.15) is 72.1 Å². The Morgan fingerprint density at radius 3 is 1.96 bits per heavy atom. The van der Waals surface area contributed by atoms with Crippen molar-refractivity contribution in [1.29, 1.82) is 0 Å². The maximum atomic E-state index is 13.4. The molecule has 10 nitrogen and oxygen atoms in total. The van der Waals surface area contributed by atoms with Crippen LogP contribution in [0.4, 0.5) is 11.4 Å². The van der Waals surface area contributed by atoms with Crippen molar-refractivity contribution < 1.29 is 28.5 Å². The van der Waals surface area contributed by atoms with E-state index in [1.165, 1.54) is 12.8 Å². The van der Waals surface area contributed by atoms with Crippen LogP contribution in [0.5, 0.6) is 23.0 Å². The third kappa shape index (κ3) is 5.66. The number of piperidine rings is 1. The highest BCUT2D eigenvalue weighted by atomic mass is 16.5. The lowest BCUT2D eigenvalue weighted by Crippen LogP contribution is -2.44. The van der Waals surface area contributed by atoms with Gasteiger partial charge in [0.15, 0.2) is 23.0 Å². The van der Waals surface area contributed by atoms with Gasteiger partial charge in [-0.2, -0.15) is 0 Å². The molecule has 7 rings (SSSR count). The molecule has 1 spiro atoms. The summed E-state index contributed by atoms with van der Waals surface area (Å²) in [5, 5.41) is 0. The molecule has 1 aliphatic carbocycles. The van der Waals surface area contributed by atoms with Crippen molar-refractivity contribution in [2.75, 3.05) is 40.5 Å². The normalized spacial score (nSPS) is 22.3. The quantitative estimate of drug-likeness (QED) is 0.244. The molecular weight excluding hydrogens is 572 g/mol. The average Bonchev–Trinajstić information content (AvgIpc) is 3.75. The van der Waals surface area contributed by atoms with Crippen molar-refractivity contribution in [3.05, 3.63) is 47.5 Å². The van der Waals surface area contributed by atoms with Crippen LogP contribution in [-0.4, -0.2) is 86.6 Å². The number of aliphatic imine (C=N–C) groups is 2. The average molecular weight is 613 g/mol. The zero-order valence-corrected chi connectivity index (χ0v) is 26.0. The standard InChI is InChI=1S/C35H40N4O6/c1-22-7-10-38-23(13-22)19-36-27-16-31(29(42-2)14-25(27)33(38)40)44-11-5-4-6-12-45-32-17-28-26(15-30(32)43-3)34(41)39-21-35(8-9-35)18-24(39)20-37-28/h14-17,19-20,23-24H,1,4-13,18,21H2,2-3H3/t23-,24-/m0/s1. The Morgan fingerprint density at radius 2 is 1.38 bits per heavy atom. The van der Waals surface area contributed by atoms with Crippen LogP contribution >= 0.6 is 0 Å². The molecule has 0 aromatic heterocycles. The van der Waals surface area contributed by atoms with E-state index in [4.69, 9.17) is 23.9 Å². The third-order valence-corrected chi connectivity index (χ3v) is 9.73. The van der Waals surface area contributed by atoms with Crippen molar-refractivity contribution in [1.82, 2.24) is 9.80 Å². The number of hydrogen-bond acceptors (Lipinski definition) is 8. The summed E-state index contributed by atoms with van der Waals surface area (Å²) in [7, 11) is 3.17. The molecule has 4 aliphatic heterocycles. The van der Waals surface area contributed by atoms with E-state index in [2.05, 4.69) is 11.6 Å². The van der Waals surface area contributed by atoms with Gasteiger partial charge in [0.05, 0.1) is 62.0 Å². The number of nitrogens with zero attached hydrogens (tertiary/aromatic N) is 4. The van der Waals surface area contributed by atoms with E-state index in [9.17, 15) is 9.59 Å². The van der Waals surface area contributed by atoms with E-state index in [1.54, 1.807) is 32.4 Å². The van der Waals surface area contributed by atoms with Crippen LogP contribution in [-0.2, 0) is 0 Å². The number of carbonyl (C=O) groups is 2. The fourth-order valence-electron chi connectivity index (χ4n) is 6.92. The number of amides is 2. The summed E-state index contributed by atoms with van der Waals surface area (Å²) >= 11 is 0. The second-order valence-corrected chi connectivity index (χ2v) is 12.8. The first kappa shape index (κ1) is 29.4. The molecule has 0 N–H and O–H groups in total. The first-order valence-corrected chi connectivity index (χ1v) is 15.9. The smallest absolute Gasteiger partial charge is 0.256 e. The SMILES string of the molecule is C=C1CCN2C(=O)c3cc(OC)c(OCCCCCOc4cc5c(cc4OC)C(=O)N4CC6(CC6)C[C@H]4C=N5)cc3N=C[C@@H]2C1. The molecule has 1 saturated carbocycles. The second kappa shape index (κ2) is 11.9. The van der Waals surface area contributed by atoms with E-state index >= 15 is 0 Å². The molecule has 4 heterocycles. The first-order valence-electron chi connectivity index (χ1n) is 15.9. The van der Waals surface area contributed by atoms with Gasteiger partial charge < -0.3 is 28.7 Å². The summed E-state index contributed by atoms with van der Waals surface area (Å²) in [6.45, 7) is 6.54. The minimum atomic E-state index is -0.0720. The number of benzene rings is 2. The number of carbonyl (C=O) groups excluding carboxylic acids is 2. The summed E-state index contributed by atoms with van der Waals surface area (Å²) in [5.41, 5.74) is 3.78. The summed E-state index contributed by atoms with van der Waals surface area (Å²) < 4.78 is 23.4. The molecule has 45 heavy (non-hydrogen) atoms. The van der Waals surface area contributed by atoms with Gasteiger partial charge >= 0.3 is 0 Å². The van der Waals surface area contributed by atoms with Crippen LogP contribution in [0.15, 0.2) is 46.4 Å². The third-order valence-electron chi connectivity index (χ3n) is 9.73. The van der Waals surface area contributed by atoms with Crippen molar-refractivity contribution in [3.63, 3.8) is 0 Å². The molecule has 2 aromatic rings. The van der Waals surface area contributed by atoms with E-state index in [0.29, 0.717) is 70.7 Å². The molecule has 5 aliphatic rings. The molecule has 2 atom stereocenters. The fraction of sp³-hybridized carbons (Fsp3) is 0.486. The molecule has 2 aromatic carbocycles. The van der Waals surface area contributed by atoms with Gasteiger partial charge in [-0.1, -0.05) is 12.2 Å². The predicted molar refractivity (Wildman–Crippen MR) is 171 cm³/mol. The Balaban J connectivity index is 0.926. The summed E-state index contributed by atoms with van der Waals surface area (Å²) in [5.74, 6) is 2.19. The number of rotatable bonds is 10. The maximum absolute atomic E-state index is 13.4. The van der Waals surface area contributed by atoms with Crippen LogP contribution < -0.4 is 18.9 Å². The molecular formula is C35H40N4O6. The maximum Gasteiger partial charge on any atom is 0.256 e. The van der Waals surface area contributed by atoms with Crippen molar-refractivity contribution >= 4 is 35.6 Å². The minimum absolute atomic E-state index is 0.0210. The molecule has 3 fully saturated rings. The van der Waals surface area contributed by atoms with Gasteiger partial charge in [-0.3, -0.25) is 19.6 Å². The van der Waals surface area contributed by atoms with E-state index in [0.717, 1.165) is 50.6 Å². The Labute approximate surface area is 263 Å². The lowest BCUT2D eigenvalue weighted by Gasteiger charge is -2.33. The summed E-state index contributed by atoms with van der Waals surface area (Å²) in [6, 6.07) is 7.12.